The first-order valence-electron chi connectivity index (χ1n) is 6.78. The minimum atomic E-state index is -0.476. The van der Waals surface area contributed by atoms with E-state index in [9.17, 15) is 9.59 Å². The lowest BCUT2D eigenvalue weighted by molar-refractivity contribution is -0.150. The molecule has 0 unspecified atom stereocenters. The van der Waals surface area contributed by atoms with E-state index in [1.807, 2.05) is 31.3 Å². The van der Waals surface area contributed by atoms with Gasteiger partial charge in [-0.15, -0.1) is 0 Å². The quantitative estimate of drug-likeness (QED) is 0.452. The SMILES string of the molecule is C=C(C)C(=O)OCCOC(=O)CCc1ccc(NC)cc1. The van der Waals surface area contributed by atoms with E-state index in [2.05, 4.69) is 11.9 Å². The molecule has 0 radical (unpaired) electrons. The van der Waals surface area contributed by atoms with Gasteiger partial charge in [0, 0.05) is 24.7 Å². The first kappa shape index (κ1) is 16.8. The Morgan fingerprint density at radius 3 is 2.33 bits per heavy atom. The van der Waals surface area contributed by atoms with Crippen molar-refractivity contribution >= 4 is 17.6 Å². The first-order chi connectivity index (χ1) is 10.0. The van der Waals surface area contributed by atoms with Crippen molar-refractivity contribution in [1.82, 2.24) is 0 Å². The van der Waals surface area contributed by atoms with Gasteiger partial charge in [-0.1, -0.05) is 18.7 Å². The average molecular weight is 291 g/mol. The maximum absolute atomic E-state index is 11.5. The smallest absolute Gasteiger partial charge is 0.333 e. The van der Waals surface area contributed by atoms with Gasteiger partial charge in [0.05, 0.1) is 0 Å². The topological polar surface area (TPSA) is 64.6 Å². The van der Waals surface area contributed by atoms with Crippen molar-refractivity contribution in [3.05, 3.63) is 42.0 Å². The Hall–Kier alpha value is -2.30. The van der Waals surface area contributed by atoms with Crippen LogP contribution in [-0.2, 0) is 25.5 Å². The van der Waals surface area contributed by atoms with Crippen molar-refractivity contribution in [2.24, 2.45) is 0 Å². The highest BCUT2D eigenvalue weighted by Gasteiger charge is 2.06. The number of nitrogens with one attached hydrogen (secondary N) is 1. The summed E-state index contributed by atoms with van der Waals surface area (Å²) in [6.07, 6.45) is 0.918. The molecular weight excluding hydrogens is 270 g/mol. The van der Waals surface area contributed by atoms with Crippen LogP contribution in [0.2, 0.25) is 0 Å². The van der Waals surface area contributed by atoms with Gasteiger partial charge in [-0.3, -0.25) is 4.79 Å². The summed E-state index contributed by atoms with van der Waals surface area (Å²) in [5.74, 6) is -0.783. The molecule has 1 rings (SSSR count). The summed E-state index contributed by atoms with van der Waals surface area (Å²) in [5, 5.41) is 3.03. The van der Waals surface area contributed by atoms with Crippen molar-refractivity contribution in [3.8, 4) is 0 Å². The number of carbonyl (C=O) groups is 2. The fourth-order valence-electron chi connectivity index (χ4n) is 1.57. The van der Waals surface area contributed by atoms with Crippen LogP contribution in [0.5, 0.6) is 0 Å². The van der Waals surface area contributed by atoms with Crippen molar-refractivity contribution in [1.29, 1.82) is 0 Å². The molecule has 0 spiro atoms. The molecule has 0 aliphatic rings. The number of rotatable bonds is 8. The molecule has 0 saturated heterocycles. The maximum Gasteiger partial charge on any atom is 0.333 e. The van der Waals surface area contributed by atoms with Crippen LogP contribution in [0.15, 0.2) is 36.4 Å². The third kappa shape index (κ3) is 6.61. The second-order valence-corrected chi connectivity index (χ2v) is 4.58. The van der Waals surface area contributed by atoms with Crippen LogP contribution < -0.4 is 5.32 Å². The van der Waals surface area contributed by atoms with E-state index in [0.29, 0.717) is 18.4 Å². The zero-order valence-electron chi connectivity index (χ0n) is 12.5. The monoisotopic (exact) mass is 291 g/mol. The molecule has 0 heterocycles. The van der Waals surface area contributed by atoms with Crippen LogP contribution in [0, 0.1) is 0 Å². The highest BCUT2D eigenvalue weighted by atomic mass is 16.6. The highest BCUT2D eigenvalue weighted by Crippen LogP contribution is 2.10. The predicted octanol–water partition coefficient (Wildman–Crippen LogP) is 2.32. The van der Waals surface area contributed by atoms with E-state index in [-0.39, 0.29) is 19.2 Å². The first-order valence-corrected chi connectivity index (χ1v) is 6.78. The van der Waals surface area contributed by atoms with E-state index in [1.165, 1.54) is 0 Å². The maximum atomic E-state index is 11.5. The van der Waals surface area contributed by atoms with Gasteiger partial charge in [-0.05, 0) is 31.0 Å². The molecular formula is C16H21NO4. The van der Waals surface area contributed by atoms with E-state index < -0.39 is 5.97 Å². The molecule has 0 amide bonds. The van der Waals surface area contributed by atoms with Crippen molar-refractivity contribution in [2.75, 3.05) is 25.6 Å². The Morgan fingerprint density at radius 1 is 1.14 bits per heavy atom. The lowest BCUT2D eigenvalue weighted by Crippen LogP contribution is -2.14. The predicted molar refractivity (Wildman–Crippen MR) is 81.0 cm³/mol. The average Bonchev–Trinajstić information content (AvgIpc) is 2.49. The lowest BCUT2D eigenvalue weighted by atomic mass is 10.1. The van der Waals surface area contributed by atoms with Gasteiger partial charge in [0.25, 0.3) is 0 Å². The fraction of sp³-hybridized carbons (Fsp3) is 0.375. The van der Waals surface area contributed by atoms with E-state index >= 15 is 0 Å². The molecule has 21 heavy (non-hydrogen) atoms. The van der Waals surface area contributed by atoms with Gasteiger partial charge >= 0.3 is 11.9 Å². The molecule has 0 aromatic heterocycles. The van der Waals surface area contributed by atoms with Gasteiger partial charge in [0.15, 0.2) is 0 Å². The van der Waals surface area contributed by atoms with Gasteiger partial charge in [-0.25, -0.2) is 4.79 Å². The van der Waals surface area contributed by atoms with Crippen LogP contribution in [-0.4, -0.2) is 32.2 Å². The number of ether oxygens (including phenoxy) is 2. The zero-order valence-corrected chi connectivity index (χ0v) is 12.5. The Balaban J connectivity index is 2.18. The summed E-state index contributed by atoms with van der Waals surface area (Å²) in [7, 11) is 1.85. The molecule has 1 aromatic rings. The van der Waals surface area contributed by atoms with Gasteiger partial charge < -0.3 is 14.8 Å². The van der Waals surface area contributed by atoms with Crippen molar-refractivity contribution < 1.29 is 19.1 Å². The molecule has 0 aliphatic heterocycles. The normalized spacial score (nSPS) is 9.81. The molecule has 5 heteroatoms. The zero-order chi connectivity index (χ0) is 15.7. The lowest BCUT2D eigenvalue weighted by Gasteiger charge is -2.07. The van der Waals surface area contributed by atoms with E-state index in [4.69, 9.17) is 9.47 Å². The molecule has 0 fully saturated rings. The molecule has 0 aliphatic carbocycles. The largest absolute Gasteiger partial charge is 0.462 e. The van der Waals surface area contributed by atoms with Gasteiger partial charge in [0.1, 0.15) is 13.2 Å². The second-order valence-electron chi connectivity index (χ2n) is 4.58. The Bertz CT molecular complexity index is 494. The number of carbonyl (C=O) groups excluding carboxylic acids is 2. The second kappa shape index (κ2) is 8.79. The Labute approximate surface area is 124 Å². The number of hydrogen-bond donors (Lipinski definition) is 1. The molecule has 0 bridgehead atoms. The minimum absolute atomic E-state index is 0.0499. The third-order valence-electron chi connectivity index (χ3n) is 2.79. The summed E-state index contributed by atoms with van der Waals surface area (Å²) in [6, 6.07) is 7.84. The Kier molecular flexibility index (Phi) is 7.01. The molecule has 114 valence electrons. The highest BCUT2D eigenvalue weighted by molar-refractivity contribution is 5.86. The van der Waals surface area contributed by atoms with Crippen LogP contribution >= 0.6 is 0 Å². The molecule has 1 aromatic carbocycles. The van der Waals surface area contributed by atoms with E-state index in [1.54, 1.807) is 6.92 Å². The van der Waals surface area contributed by atoms with Crippen LogP contribution in [0.1, 0.15) is 18.9 Å². The standard InChI is InChI=1S/C16H21NO4/c1-12(2)16(19)21-11-10-20-15(18)9-6-13-4-7-14(17-3)8-5-13/h4-5,7-8,17H,1,6,9-11H2,2-3H3. The summed E-state index contributed by atoms with van der Waals surface area (Å²) >= 11 is 0. The molecule has 0 saturated carbocycles. The third-order valence-corrected chi connectivity index (χ3v) is 2.79. The van der Waals surface area contributed by atoms with Gasteiger partial charge in [-0.2, -0.15) is 0 Å². The summed E-state index contributed by atoms with van der Waals surface area (Å²) in [6.45, 7) is 5.14. The number of aryl methyl sites for hydroxylation is 1. The molecule has 5 nitrogen and oxygen atoms in total. The van der Waals surface area contributed by atoms with Crippen LogP contribution in [0.4, 0.5) is 5.69 Å². The number of hydrogen-bond acceptors (Lipinski definition) is 5. The molecule has 0 atom stereocenters. The van der Waals surface area contributed by atoms with Gasteiger partial charge in [0.2, 0.25) is 0 Å². The number of esters is 2. The number of benzene rings is 1. The fourth-order valence-corrected chi connectivity index (χ4v) is 1.57. The Morgan fingerprint density at radius 2 is 1.76 bits per heavy atom. The summed E-state index contributed by atoms with van der Waals surface area (Å²) < 4.78 is 9.80. The van der Waals surface area contributed by atoms with Crippen molar-refractivity contribution in [3.63, 3.8) is 0 Å². The summed E-state index contributed by atoms with van der Waals surface area (Å²) in [5.41, 5.74) is 2.42. The van der Waals surface area contributed by atoms with Crippen LogP contribution in [0.25, 0.3) is 0 Å². The van der Waals surface area contributed by atoms with Crippen molar-refractivity contribution in [2.45, 2.75) is 19.8 Å². The summed E-state index contributed by atoms with van der Waals surface area (Å²) in [4.78, 5) is 22.6. The minimum Gasteiger partial charge on any atom is -0.462 e. The molecule has 1 N–H and O–H groups in total. The number of anilines is 1. The van der Waals surface area contributed by atoms with Crippen LogP contribution in [0.3, 0.4) is 0 Å². The van der Waals surface area contributed by atoms with E-state index in [0.717, 1.165) is 11.3 Å².